The lowest BCUT2D eigenvalue weighted by atomic mass is 9.96. The molecule has 8 rings (SSSR count). The number of rotatable bonds is 4. The lowest BCUT2D eigenvalue weighted by Crippen LogP contribution is -1.90. The highest BCUT2D eigenvalue weighted by Gasteiger charge is 2.11. The second-order valence-electron chi connectivity index (χ2n) is 10.3. The Kier molecular flexibility index (Phi) is 5.17. The SMILES string of the molecule is c1ccc2cc(-c3ccc4ccc(-c5ccc(Nc6cccc7c6oc6ccccc67)cc5)cc4c3)ccc2c1. The molecule has 0 aliphatic rings. The van der Waals surface area contributed by atoms with Crippen molar-refractivity contribution in [1.29, 1.82) is 0 Å². The van der Waals surface area contributed by atoms with E-state index in [1.807, 2.05) is 18.2 Å². The minimum absolute atomic E-state index is 0.879. The van der Waals surface area contributed by atoms with E-state index in [1.165, 1.54) is 43.8 Å². The van der Waals surface area contributed by atoms with Crippen molar-refractivity contribution in [3.05, 3.63) is 146 Å². The maximum absolute atomic E-state index is 6.19. The number of furan rings is 1. The third-order valence-corrected chi connectivity index (χ3v) is 7.82. The van der Waals surface area contributed by atoms with Crippen molar-refractivity contribution >= 4 is 54.9 Å². The molecule has 0 atom stereocenters. The van der Waals surface area contributed by atoms with Crippen LogP contribution in [-0.4, -0.2) is 0 Å². The second kappa shape index (κ2) is 9.14. The van der Waals surface area contributed by atoms with Crippen LogP contribution in [0.5, 0.6) is 0 Å². The summed E-state index contributed by atoms with van der Waals surface area (Å²) in [5.74, 6) is 0. The van der Waals surface area contributed by atoms with Gasteiger partial charge in [-0.25, -0.2) is 0 Å². The van der Waals surface area contributed by atoms with Gasteiger partial charge in [-0.15, -0.1) is 0 Å². The molecule has 1 N–H and O–H groups in total. The van der Waals surface area contributed by atoms with Gasteiger partial charge in [0.15, 0.2) is 5.58 Å². The molecule has 1 heterocycles. The third-order valence-electron chi connectivity index (χ3n) is 7.82. The Balaban J connectivity index is 1.10. The van der Waals surface area contributed by atoms with Gasteiger partial charge in [-0.2, -0.15) is 0 Å². The van der Waals surface area contributed by atoms with Gasteiger partial charge in [-0.1, -0.05) is 103 Å². The molecule has 1 aromatic heterocycles. The summed E-state index contributed by atoms with van der Waals surface area (Å²) in [4.78, 5) is 0. The van der Waals surface area contributed by atoms with E-state index in [0.717, 1.165) is 33.3 Å². The molecule has 0 spiro atoms. The van der Waals surface area contributed by atoms with E-state index in [0.29, 0.717) is 0 Å². The first kappa shape index (κ1) is 22.6. The van der Waals surface area contributed by atoms with Crippen molar-refractivity contribution in [1.82, 2.24) is 0 Å². The summed E-state index contributed by atoms with van der Waals surface area (Å²) in [6.07, 6.45) is 0. The smallest absolute Gasteiger partial charge is 0.158 e. The van der Waals surface area contributed by atoms with Crippen LogP contribution in [0.1, 0.15) is 0 Å². The molecule has 2 nitrogen and oxygen atoms in total. The van der Waals surface area contributed by atoms with Gasteiger partial charge in [0, 0.05) is 16.5 Å². The highest BCUT2D eigenvalue weighted by Crippen LogP contribution is 2.35. The zero-order chi connectivity index (χ0) is 26.5. The van der Waals surface area contributed by atoms with E-state index in [2.05, 4.69) is 133 Å². The fourth-order valence-corrected chi connectivity index (χ4v) is 5.72. The van der Waals surface area contributed by atoms with E-state index < -0.39 is 0 Å². The Hall–Kier alpha value is -5.34. The molecule has 7 aromatic carbocycles. The first-order valence-corrected chi connectivity index (χ1v) is 13.6. The number of para-hydroxylation sites is 2. The predicted molar refractivity (Wildman–Crippen MR) is 169 cm³/mol. The van der Waals surface area contributed by atoms with E-state index in [4.69, 9.17) is 4.42 Å². The molecule has 188 valence electrons. The van der Waals surface area contributed by atoms with Gasteiger partial charge >= 0.3 is 0 Å². The first-order chi connectivity index (χ1) is 19.8. The molecule has 0 aliphatic carbocycles. The zero-order valence-electron chi connectivity index (χ0n) is 21.8. The minimum Gasteiger partial charge on any atom is -0.454 e. The Morgan fingerprint density at radius 1 is 0.400 bits per heavy atom. The zero-order valence-corrected chi connectivity index (χ0v) is 21.8. The predicted octanol–water partition coefficient (Wildman–Crippen LogP) is 11.0. The molecule has 0 saturated heterocycles. The molecule has 0 fully saturated rings. The molecule has 0 bridgehead atoms. The Morgan fingerprint density at radius 3 is 1.75 bits per heavy atom. The average Bonchev–Trinajstić information content (AvgIpc) is 3.40. The molecular weight excluding hydrogens is 486 g/mol. The molecule has 2 heteroatoms. The van der Waals surface area contributed by atoms with Crippen LogP contribution < -0.4 is 5.32 Å². The van der Waals surface area contributed by atoms with Crippen LogP contribution in [0, 0.1) is 0 Å². The van der Waals surface area contributed by atoms with E-state index in [-0.39, 0.29) is 0 Å². The molecule has 0 radical (unpaired) electrons. The van der Waals surface area contributed by atoms with Crippen LogP contribution in [-0.2, 0) is 0 Å². The largest absolute Gasteiger partial charge is 0.454 e. The molecule has 8 aromatic rings. The van der Waals surface area contributed by atoms with Crippen LogP contribution in [0.4, 0.5) is 11.4 Å². The average molecular weight is 512 g/mol. The van der Waals surface area contributed by atoms with Gasteiger partial charge in [0.1, 0.15) is 5.58 Å². The highest BCUT2D eigenvalue weighted by atomic mass is 16.3. The summed E-state index contributed by atoms with van der Waals surface area (Å²) in [6, 6.07) is 51.7. The van der Waals surface area contributed by atoms with E-state index >= 15 is 0 Å². The summed E-state index contributed by atoms with van der Waals surface area (Å²) in [6.45, 7) is 0. The van der Waals surface area contributed by atoms with Gasteiger partial charge in [-0.3, -0.25) is 0 Å². The van der Waals surface area contributed by atoms with Crippen LogP contribution in [0.3, 0.4) is 0 Å². The normalized spacial score (nSPS) is 11.5. The number of anilines is 2. The van der Waals surface area contributed by atoms with Crippen LogP contribution in [0.2, 0.25) is 0 Å². The standard InChI is InChI=1S/C38H25NO/c1-2-7-28-22-30(16-12-25(28)6-1)31-17-14-27-13-15-29(23-32(27)24-31)26-18-20-33(21-19-26)39-36-10-5-9-35-34-8-3-4-11-37(34)40-38(35)36/h1-24,39H. The molecular formula is C38H25NO. The maximum Gasteiger partial charge on any atom is 0.158 e. The van der Waals surface area contributed by atoms with Crippen molar-refractivity contribution in [2.24, 2.45) is 0 Å². The van der Waals surface area contributed by atoms with Gasteiger partial charge in [-0.05, 0) is 86.3 Å². The summed E-state index contributed by atoms with van der Waals surface area (Å²) in [7, 11) is 0. The Morgan fingerprint density at radius 2 is 0.975 bits per heavy atom. The Labute approximate surface area is 232 Å². The monoisotopic (exact) mass is 511 g/mol. The first-order valence-electron chi connectivity index (χ1n) is 13.6. The number of nitrogens with one attached hydrogen (secondary N) is 1. The fourth-order valence-electron chi connectivity index (χ4n) is 5.72. The number of hydrogen-bond acceptors (Lipinski definition) is 2. The van der Waals surface area contributed by atoms with Gasteiger partial charge in [0.2, 0.25) is 0 Å². The van der Waals surface area contributed by atoms with Crippen molar-refractivity contribution in [3.8, 4) is 22.3 Å². The number of hydrogen-bond donors (Lipinski definition) is 1. The summed E-state index contributed by atoms with van der Waals surface area (Å²) in [5.41, 5.74) is 8.63. The summed E-state index contributed by atoms with van der Waals surface area (Å²) in [5, 5.41) is 10.8. The maximum atomic E-state index is 6.19. The van der Waals surface area contributed by atoms with Crippen molar-refractivity contribution < 1.29 is 4.42 Å². The number of fused-ring (bicyclic) bond motifs is 5. The van der Waals surface area contributed by atoms with Crippen molar-refractivity contribution in [2.75, 3.05) is 5.32 Å². The van der Waals surface area contributed by atoms with Crippen LogP contribution >= 0.6 is 0 Å². The number of benzene rings is 7. The van der Waals surface area contributed by atoms with Crippen molar-refractivity contribution in [3.63, 3.8) is 0 Å². The molecule has 0 unspecified atom stereocenters. The van der Waals surface area contributed by atoms with Gasteiger partial charge in [0.25, 0.3) is 0 Å². The van der Waals surface area contributed by atoms with E-state index in [9.17, 15) is 0 Å². The molecule has 0 saturated carbocycles. The minimum atomic E-state index is 0.879. The van der Waals surface area contributed by atoms with Crippen molar-refractivity contribution in [2.45, 2.75) is 0 Å². The lowest BCUT2D eigenvalue weighted by Gasteiger charge is -2.10. The quantitative estimate of drug-likeness (QED) is 0.254. The topological polar surface area (TPSA) is 25.2 Å². The highest BCUT2D eigenvalue weighted by molar-refractivity contribution is 6.09. The lowest BCUT2D eigenvalue weighted by molar-refractivity contribution is 0.670. The second-order valence-corrected chi connectivity index (χ2v) is 10.3. The third kappa shape index (κ3) is 3.90. The molecule has 0 aliphatic heterocycles. The van der Waals surface area contributed by atoms with Crippen LogP contribution in [0.25, 0.3) is 65.7 Å². The van der Waals surface area contributed by atoms with E-state index in [1.54, 1.807) is 0 Å². The van der Waals surface area contributed by atoms with Crippen LogP contribution in [0.15, 0.2) is 150 Å². The fraction of sp³-hybridized carbons (Fsp3) is 0. The Bertz CT molecular complexity index is 2190. The van der Waals surface area contributed by atoms with Gasteiger partial charge < -0.3 is 9.73 Å². The molecule has 40 heavy (non-hydrogen) atoms. The summed E-state index contributed by atoms with van der Waals surface area (Å²) >= 11 is 0. The summed E-state index contributed by atoms with van der Waals surface area (Å²) < 4.78 is 6.19. The van der Waals surface area contributed by atoms with Gasteiger partial charge in [0.05, 0.1) is 5.69 Å². The molecule has 0 amide bonds.